The zero-order chi connectivity index (χ0) is 14.8. The Morgan fingerprint density at radius 1 is 1.38 bits per heavy atom. The largest absolute Gasteiger partial charge is 0.272 e. The fourth-order valence-corrected chi connectivity index (χ4v) is 3.00. The highest BCUT2D eigenvalue weighted by Gasteiger charge is 2.23. The monoisotopic (exact) mass is 287 g/mol. The van der Waals surface area contributed by atoms with Crippen LogP contribution in [-0.2, 0) is 6.54 Å². The molecule has 7 heteroatoms. The number of rotatable bonds is 4. The molecule has 1 saturated carbocycles. The molecule has 3 rings (SSSR count). The molecule has 110 valence electrons. The molecule has 0 radical (unpaired) electrons. The van der Waals surface area contributed by atoms with Crippen LogP contribution in [0, 0.1) is 17.0 Å². The third-order valence-corrected chi connectivity index (χ3v) is 4.21. The normalized spacial score (nSPS) is 15.5. The van der Waals surface area contributed by atoms with Crippen molar-refractivity contribution in [2.45, 2.75) is 45.1 Å². The molecular formula is C14H17N5O2. The lowest BCUT2D eigenvalue weighted by Crippen LogP contribution is -2.11. The Hall–Kier alpha value is -2.31. The van der Waals surface area contributed by atoms with Gasteiger partial charge in [-0.3, -0.25) is 10.1 Å². The second kappa shape index (κ2) is 5.59. The Morgan fingerprint density at radius 2 is 2.14 bits per heavy atom. The van der Waals surface area contributed by atoms with Gasteiger partial charge in [-0.25, -0.2) is 4.68 Å². The van der Waals surface area contributed by atoms with Gasteiger partial charge in [-0.05, 0) is 35.8 Å². The molecule has 0 unspecified atom stereocenters. The minimum atomic E-state index is -0.351. The smallest absolute Gasteiger partial charge is 0.258 e. The van der Waals surface area contributed by atoms with E-state index in [9.17, 15) is 10.1 Å². The van der Waals surface area contributed by atoms with Gasteiger partial charge < -0.3 is 0 Å². The fourth-order valence-electron chi connectivity index (χ4n) is 3.00. The average molecular weight is 287 g/mol. The molecular weight excluding hydrogens is 270 g/mol. The Kier molecular flexibility index (Phi) is 3.64. The Balaban J connectivity index is 1.89. The van der Waals surface area contributed by atoms with E-state index in [-0.39, 0.29) is 10.6 Å². The van der Waals surface area contributed by atoms with Gasteiger partial charge in [-0.2, -0.15) is 0 Å². The summed E-state index contributed by atoms with van der Waals surface area (Å²) in [5.41, 5.74) is 1.70. The predicted molar refractivity (Wildman–Crippen MR) is 76.0 cm³/mol. The third kappa shape index (κ3) is 2.63. The quantitative estimate of drug-likeness (QED) is 0.637. The van der Waals surface area contributed by atoms with Crippen molar-refractivity contribution >= 4 is 5.69 Å². The van der Waals surface area contributed by atoms with E-state index in [2.05, 4.69) is 15.5 Å². The number of hydrogen-bond acceptors (Lipinski definition) is 5. The lowest BCUT2D eigenvalue weighted by Gasteiger charge is -2.11. The highest BCUT2D eigenvalue weighted by Crippen LogP contribution is 2.33. The van der Waals surface area contributed by atoms with E-state index in [0.29, 0.717) is 18.0 Å². The van der Waals surface area contributed by atoms with E-state index in [0.717, 1.165) is 24.2 Å². The molecule has 0 bridgehead atoms. The molecule has 7 nitrogen and oxygen atoms in total. The summed E-state index contributed by atoms with van der Waals surface area (Å²) >= 11 is 0. The molecule has 1 aromatic carbocycles. The molecule has 1 aromatic heterocycles. The summed E-state index contributed by atoms with van der Waals surface area (Å²) in [6.07, 6.45) is 4.67. The zero-order valence-corrected chi connectivity index (χ0v) is 11.9. The number of nitro groups is 1. The van der Waals surface area contributed by atoms with Gasteiger partial charge in [-0.1, -0.05) is 25.0 Å². The van der Waals surface area contributed by atoms with Gasteiger partial charge in [0, 0.05) is 17.5 Å². The molecule has 2 aromatic rings. The minimum absolute atomic E-state index is 0.142. The van der Waals surface area contributed by atoms with Crippen molar-refractivity contribution < 1.29 is 4.92 Å². The number of hydrogen-bond donors (Lipinski definition) is 0. The van der Waals surface area contributed by atoms with Crippen LogP contribution >= 0.6 is 0 Å². The van der Waals surface area contributed by atoms with Gasteiger partial charge in [0.1, 0.15) is 0 Å². The number of aromatic nitrogens is 4. The van der Waals surface area contributed by atoms with Crippen LogP contribution in [0.1, 0.15) is 48.6 Å². The van der Waals surface area contributed by atoms with Gasteiger partial charge in [0.15, 0.2) is 5.82 Å². The number of nitro benzene ring substituents is 1. The van der Waals surface area contributed by atoms with E-state index in [1.54, 1.807) is 17.7 Å². The maximum Gasteiger partial charge on any atom is 0.272 e. The summed E-state index contributed by atoms with van der Waals surface area (Å²) in [5.74, 6) is 1.32. The second-order valence-electron chi connectivity index (χ2n) is 5.49. The lowest BCUT2D eigenvalue weighted by atomic mass is 10.1. The van der Waals surface area contributed by atoms with Crippen LogP contribution in [0.15, 0.2) is 18.2 Å². The summed E-state index contributed by atoms with van der Waals surface area (Å²) in [4.78, 5) is 10.7. The van der Waals surface area contributed by atoms with Gasteiger partial charge in [-0.15, -0.1) is 5.10 Å². The highest BCUT2D eigenvalue weighted by atomic mass is 16.6. The predicted octanol–water partition coefficient (Wildman–Crippen LogP) is 2.60. The topological polar surface area (TPSA) is 86.7 Å². The van der Waals surface area contributed by atoms with E-state index in [1.807, 2.05) is 6.07 Å². The van der Waals surface area contributed by atoms with Crippen LogP contribution < -0.4 is 0 Å². The molecule has 1 fully saturated rings. The van der Waals surface area contributed by atoms with Crippen molar-refractivity contribution in [2.75, 3.05) is 0 Å². The van der Waals surface area contributed by atoms with Crippen LogP contribution in [-0.4, -0.2) is 25.1 Å². The van der Waals surface area contributed by atoms with E-state index >= 15 is 0 Å². The van der Waals surface area contributed by atoms with Crippen molar-refractivity contribution in [1.29, 1.82) is 0 Å². The van der Waals surface area contributed by atoms with Crippen molar-refractivity contribution in [3.05, 3.63) is 45.3 Å². The molecule has 0 spiro atoms. The SMILES string of the molecule is Cc1c(Cn2nnnc2C2CCCC2)cccc1[N+](=O)[O-]. The van der Waals surface area contributed by atoms with Crippen molar-refractivity contribution in [1.82, 2.24) is 20.2 Å². The molecule has 0 aliphatic heterocycles. The average Bonchev–Trinajstić information content (AvgIpc) is 3.11. The number of benzene rings is 1. The van der Waals surface area contributed by atoms with Crippen LogP contribution in [0.4, 0.5) is 5.69 Å². The second-order valence-corrected chi connectivity index (χ2v) is 5.49. The summed E-state index contributed by atoms with van der Waals surface area (Å²) in [5, 5.41) is 23.0. The van der Waals surface area contributed by atoms with Gasteiger partial charge in [0.05, 0.1) is 11.5 Å². The van der Waals surface area contributed by atoms with E-state index < -0.39 is 0 Å². The summed E-state index contributed by atoms with van der Waals surface area (Å²) in [6.45, 7) is 2.25. The minimum Gasteiger partial charge on any atom is -0.258 e. The van der Waals surface area contributed by atoms with Gasteiger partial charge in [0.2, 0.25) is 0 Å². The van der Waals surface area contributed by atoms with E-state index in [4.69, 9.17) is 0 Å². The first kappa shape index (κ1) is 13.7. The maximum atomic E-state index is 11.0. The number of nitrogens with zero attached hydrogens (tertiary/aromatic N) is 5. The molecule has 1 aliphatic rings. The van der Waals surface area contributed by atoms with Gasteiger partial charge in [0.25, 0.3) is 5.69 Å². The number of tetrazole rings is 1. The fraction of sp³-hybridized carbons (Fsp3) is 0.500. The van der Waals surface area contributed by atoms with Crippen molar-refractivity contribution in [2.24, 2.45) is 0 Å². The Labute approximate surface area is 122 Å². The third-order valence-electron chi connectivity index (χ3n) is 4.21. The first-order valence-corrected chi connectivity index (χ1v) is 7.15. The molecule has 1 aliphatic carbocycles. The Bertz CT molecular complexity index is 661. The van der Waals surface area contributed by atoms with Gasteiger partial charge >= 0.3 is 0 Å². The van der Waals surface area contributed by atoms with E-state index in [1.165, 1.54) is 18.9 Å². The first-order chi connectivity index (χ1) is 10.2. The van der Waals surface area contributed by atoms with Crippen LogP contribution in [0.5, 0.6) is 0 Å². The molecule has 21 heavy (non-hydrogen) atoms. The van der Waals surface area contributed by atoms with Crippen molar-refractivity contribution in [3.8, 4) is 0 Å². The summed E-state index contributed by atoms with van der Waals surface area (Å²) in [7, 11) is 0. The highest BCUT2D eigenvalue weighted by molar-refractivity contribution is 5.44. The summed E-state index contributed by atoms with van der Waals surface area (Å²) < 4.78 is 1.78. The maximum absolute atomic E-state index is 11.0. The summed E-state index contributed by atoms with van der Waals surface area (Å²) in [6, 6.07) is 5.12. The molecule has 0 N–H and O–H groups in total. The van der Waals surface area contributed by atoms with Crippen LogP contribution in [0.25, 0.3) is 0 Å². The zero-order valence-electron chi connectivity index (χ0n) is 11.9. The Morgan fingerprint density at radius 3 is 2.86 bits per heavy atom. The molecule has 1 heterocycles. The van der Waals surface area contributed by atoms with Crippen LogP contribution in [0.3, 0.4) is 0 Å². The standard InChI is InChI=1S/C14H17N5O2/c1-10-12(7-4-8-13(10)19(20)21)9-18-14(15-16-17-18)11-5-2-3-6-11/h4,7-8,11H,2-3,5-6,9H2,1H3. The molecule has 0 atom stereocenters. The van der Waals surface area contributed by atoms with Crippen molar-refractivity contribution in [3.63, 3.8) is 0 Å². The van der Waals surface area contributed by atoms with Crippen LogP contribution in [0.2, 0.25) is 0 Å². The lowest BCUT2D eigenvalue weighted by molar-refractivity contribution is -0.385. The molecule has 0 amide bonds. The first-order valence-electron chi connectivity index (χ1n) is 7.15. The molecule has 0 saturated heterocycles.